The van der Waals surface area contributed by atoms with E-state index < -0.39 is 28.5 Å². The molecule has 2 heterocycles. The lowest BCUT2D eigenvalue weighted by Crippen LogP contribution is -2.18. The fraction of sp³-hybridized carbons (Fsp3) is 0.350. The first-order valence-corrected chi connectivity index (χ1v) is 9.88. The molecule has 1 atom stereocenters. The van der Waals surface area contributed by atoms with Crippen LogP contribution in [0, 0.1) is 11.3 Å². The van der Waals surface area contributed by atoms with Crippen LogP contribution in [0.2, 0.25) is 0 Å². The Kier molecular flexibility index (Phi) is 6.41. The number of esters is 1. The molecule has 0 fully saturated rings. The average Bonchev–Trinajstić information content (AvgIpc) is 2.72. The molecule has 0 amide bonds. The van der Waals surface area contributed by atoms with E-state index in [9.17, 15) is 23.2 Å². The van der Waals surface area contributed by atoms with E-state index >= 15 is 0 Å². The third kappa shape index (κ3) is 4.62. The molecule has 0 saturated carbocycles. The predicted molar refractivity (Wildman–Crippen MR) is 102 cm³/mol. The van der Waals surface area contributed by atoms with E-state index in [1.165, 1.54) is 13.0 Å². The second kappa shape index (κ2) is 8.83. The lowest BCUT2D eigenvalue weighted by molar-refractivity contribution is -0.142. The van der Waals surface area contributed by atoms with Crippen molar-refractivity contribution in [3.8, 4) is 28.8 Å². The number of hydrogen-bond donors (Lipinski definition) is 0. The van der Waals surface area contributed by atoms with Crippen molar-refractivity contribution in [3.05, 3.63) is 35.4 Å². The molecule has 6 nitrogen and oxygen atoms in total. The summed E-state index contributed by atoms with van der Waals surface area (Å²) in [6.45, 7) is 3.94. The summed E-state index contributed by atoms with van der Waals surface area (Å²) >= 11 is 0.747. The molecule has 30 heavy (non-hydrogen) atoms. The van der Waals surface area contributed by atoms with E-state index in [2.05, 4.69) is 4.98 Å². The summed E-state index contributed by atoms with van der Waals surface area (Å²) < 4.78 is 56.8. The van der Waals surface area contributed by atoms with Crippen molar-refractivity contribution >= 4 is 17.7 Å². The molecule has 2 aromatic rings. The van der Waals surface area contributed by atoms with Gasteiger partial charge in [0.15, 0.2) is 11.5 Å². The van der Waals surface area contributed by atoms with E-state index in [1.54, 1.807) is 25.1 Å². The van der Waals surface area contributed by atoms with Gasteiger partial charge in [0, 0.05) is 5.56 Å². The second-order valence-corrected chi connectivity index (χ2v) is 7.54. The molecule has 3 rings (SSSR count). The molecule has 0 radical (unpaired) electrons. The van der Waals surface area contributed by atoms with Crippen molar-refractivity contribution < 1.29 is 32.2 Å². The zero-order valence-corrected chi connectivity index (χ0v) is 16.9. The molecular weight excluding hydrogens is 421 g/mol. The van der Waals surface area contributed by atoms with Gasteiger partial charge in [-0.3, -0.25) is 4.79 Å². The van der Waals surface area contributed by atoms with E-state index in [0.717, 1.165) is 17.8 Å². The summed E-state index contributed by atoms with van der Waals surface area (Å²) in [7, 11) is 0. The van der Waals surface area contributed by atoms with Crippen molar-refractivity contribution in [3.63, 3.8) is 0 Å². The van der Waals surface area contributed by atoms with Gasteiger partial charge < -0.3 is 14.2 Å². The SMILES string of the molecule is CCOC(=O)C(C)Sc1nc(-c2ccc3c(c2)OCCO3)cc(C(F)(F)F)c1C#N. The molecule has 0 spiro atoms. The second-order valence-electron chi connectivity index (χ2n) is 6.22. The quantitative estimate of drug-likeness (QED) is 0.504. The minimum absolute atomic E-state index is 0.00291. The van der Waals surface area contributed by atoms with Crippen LogP contribution in [0.3, 0.4) is 0 Å². The number of alkyl halides is 3. The maximum absolute atomic E-state index is 13.7. The third-order valence-corrected chi connectivity index (χ3v) is 5.21. The van der Waals surface area contributed by atoms with Crippen molar-refractivity contribution in [2.75, 3.05) is 19.8 Å². The normalized spacial score (nSPS) is 14.0. The van der Waals surface area contributed by atoms with Gasteiger partial charge in [-0.05, 0) is 38.1 Å². The zero-order chi connectivity index (χ0) is 21.9. The number of fused-ring (bicyclic) bond motifs is 1. The highest BCUT2D eigenvalue weighted by Crippen LogP contribution is 2.40. The van der Waals surface area contributed by atoms with Gasteiger partial charge in [-0.25, -0.2) is 4.98 Å². The molecule has 0 aliphatic carbocycles. The van der Waals surface area contributed by atoms with Crippen molar-refractivity contribution in [2.24, 2.45) is 0 Å². The van der Waals surface area contributed by atoms with Crippen LogP contribution < -0.4 is 9.47 Å². The Morgan fingerprint density at radius 1 is 1.30 bits per heavy atom. The lowest BCUT2D eigenvalue weighted by Gasteiger charge is -2.19. The fourth-order valence-electron chi connectivity index (χ4n) is 2.76. The van der Waals surface area contributed by atoms with Crippen LogP contribution in [0.5, 0.6) is 11.5 Å². The number of hydrogen-bond acceptors (Lipinski definition) is 7. The molecule has 1 aliphatic heterocycles. The maximum Gasteiger partial charge on any atom is 0.417 e. The highest BCUT2D eigenvalue weighted by Gasteiger charge is 2.37. The Balaban J connectivity index is 2.10. The summed E-state index contributed by atoms with van der Waals surface area (Å²) in [6, 6.07) is 7.08. The predicted octanol–water partition coefficient (Wildman–Crippen LogP) is 4.45. The number of halogens is 3. The fourth-order valence-corrected chi connectivity index (χ4v) is 3.69. The van der Waals surface area contributed by atoms with E-state index in [-0.39, 0.29) is 17.3 Å². The highest BCUT2D eigenvalue weighted by atomic mass is 32.2. The molecule has 158 valence electrons. The Bertz CT molecular complexity index is 1000. The van der Waals surface area contributed by atoms with Crippen LogP contribution in [0.25, 0.3) is 11.3 Å². The van der Waals surface area contributed by atoms with E-state index in [1.807, 2.05) is 0 Å². The van der Waals surface area contributed by atoms with Crippen LogP contribution in [0.4, 0.5) is 13.2 Å². The number of aromatic nitrogens is 1. The van der Waals surface area contributed by atoms with Gasteiger partial charge in [-0.15, -0.1) is 0 Å². The third-order valence-electron chi connectivity index (χ3n) is 4.15. The van der Waals surface area contributed by atoms with Crippen molar-refractivity contribution in [1.29, 1.82) is 5.26 Å². The molecule has 1 aromatic carbocycles. The maximum atomic E-state index is 13.7. The highest BCUT2D eigenvalue weighted by molar-refractivity contribution is 8.00. The number of nitriles is 1. The van der Waals surface area contributed by atoms with E-state index in [4.69, 9.17) is 14.2 Å². The monoisotopic (exact) mass is 438 g/mol. The van der Waals surface area contributed by atoms with Crippen LogP contribution in [0.1, 0.15) is 25.0 Å². The molecular formula is C20H17F3N2O4S. The lowest BCUT2D eigenvalue weighted by atomic mass is 10.0. The standard InChI is InChI=1S/C20H17F3N2O4S/c1-3-27-19(26)11(2)30-18-13(10-24)14(20(21,22)23)9-15(25-18)12-4-5-16-17(8-12)29-7-6-28-16/h4-5,8-9,11H,3,6-7H2,1-2H3. The van der Waals surface area contributed by atoms with Gasteiger partial charge in [0.1, 0.15) is 29.6 Å². The van der Waals surface area contributed by atoms with Crippen LogP contribution >= 0.6 is 11.8 Å². The summed E-state index contributed by atoms with van der Waals surface area (Å²) in [6.07, 6.45) is -4.78. The summed E-state index contributed by atoms with van der Waals surface area (Å²) in [5.74, 6) is 0.277. The Hall–Kier alpha value is -2.93. The van der Waals surface area contributed by atoms with Gasteiger partial charge >= 0.3 is 12.1 Å². The molecule has 10 heteroatoms. The summed E-state index contributed by atoms with van der Waals surface area (Å²) in [5, 5.41) is 8.34. The zero-order valence-electron chi connectivity index (χ0n) is 16.1. The summed E-state index contributed by atoms with van der Waals surface area (Å²) in [5.41, 5.74) is -1.40. The van der Waals surface area contributed by atoms with E-state index in [0.29, 0.717) is 30.3 Å². The van der Waals surface area contributed by atoms with Crippen molar-refractivity contribution in [1.82, 2.24) is 4.98 Å². The minimum atomic E-state index is -4.78. The largest absolute Gasteiger partial charge is 0.486 e. The number of nitrogens with zero attached hydrogens (tertiary/aromatic N) is 2. The summed E-state index contributed by atoms with van der Waals surface area (Å²) in [4.78, 5) is 16.2. The molecule has 0 N–H and O–H groups in total. The van der Waals surface area contributed by atoms with Crippen molar-refractivity contribution in [2.45, 2.75) is 30.3 Å². The molecule has 1 unspecified atom stereocenters. The first kappa shape index (κ1) is 21.8. The number of carbonyl (C=O) groups excluding carboxylic acids is 1. The topological polar surface area (TPSA) is 81.4 Å². The smallest absolute Gasteiger partial charge is 0.417 e. The van der Waals surface area contributed by atoms with Crippen LogP contribution in [0.15, 0.2) is 29.3 Å². The van der Waals surface area contributed by atoms with Gasteiger partial charge in [-0.1, -0.05) is 11.8 Å². The number of carbonyl (C=O) groups is 1. The number of pyridine rings is 1. The first-order valence-electron chi connectivity index (χ1n) is 9.00. The molecule has 0 saturated heterocycles. The number of ether oxygens (including phenoxy) is 3. The van der Waals surface area contributed by atoms with Gasteiger partial charge in [0.05, 0.1) is 23.4 Å². The Morgan fingerprint density at radius 3 is 2.63 bits per heavy atom. The van der Waals surface area contributed by atoms with Gasteiger partial charge in [-0.2, -0.15) is 18.4 Å². The minimum Gasteiger partial charge on any atom is -0.486 e. The van der Waals surface area contributed by atoms with Crippen LogP contribution in [-0.2, 0) is 15.7 Å². The van der Waals surface area contributed by atoms with Gasteiger partial charge in [0.2, 0.25) is 0 Å². The number of benzene rings is 1. The molecule has 1 aromatic heterocycles. The number of rotatable bonds is 5. The molecule has 0 bridgehead atoms. The Morgan fingerprint density at radius 2 is 2.00 bits per heavy atom. The Labute approximate surface area is 175 Å². The molecule has 1 aliphatic rings. The first-order chi connectivity index (χ1) is 14.2. The number of thioether (sulfide) groups is 1. The average molecular weight is 438 g/mol. The van der Waals surface area contributed by atoms with Crippen LogP contribution in [-0.4, -0.2) is 36.0 Å². The van der Waals surface area contributed by atoms with Gasteiger partial charge in [0.25, 0.3) is 0 Å².